The van der Waals surface area contributed by atoms with Gasteiger partial charge in [0.15, 0.2) is 0 Å². The molecule has 0 saturated heterocycles. The number of nitrogen functional groups attached to an aromatic ring is 1. The number of hydrogen-bond acceptors (Lipinski definition) is 4. The molecular formula is C12H20N2O2. The second-order valence-electron chi connectivity index (χ2n) is 4.59. The highest BCUT2D eigenvalue weighted by Gasteiger charge is 2.16. The highest BCUT2D eigenvalue weighted by Crippen LogP contribution is 2.27. The van der Waals surface area contributed by atoms with Crippen LogP contribution in [0.2, 0.25) is 0 Å². The highest BCUT2D eigenvalue weighted by molar-refractivity contribution is 5.62. The molecule has 0 spiro atoms. The minimum Gasteiger partial charge on any atom is -0.495 e. The van der Waals surface area contributed by atoms with Crippen molar-refractivity contribution in [2.24, 2.45) is 0 Å². The van der Waals surface area contributed by atoms with Gasteiger partial charge in [-0.15, -0.1) is 0 Å². The third-order valence-electron chi connectivity index (χ3n) is 2.28. The molecule has 3 N–H and O–H groups in total. The molecule has 16 heavy (non-hydrogen) atoms. The number of methoxy groups -OCH3 is 1. The molecule has 0 aliphatic rings. The summed E-state index contributed by atoms with van der Waals surface area (Å²) in [7, 11) is 3.51. The fourth-order valence-corrected chi connectivity index (χ4v) is 1.61. The van der Waals surface area contributed by atoms with Crippen molar-refractivity contribution in [3.05, 3.63) is 18.2 Å². The van der Waals surface area contributed by atoms with Crippen molar-refractivity contribution in [1.82, 2.24) is 0 Å². The second kappa shape index (κ2) is 4.61. The Kier molecular flexibility index (Phi) is 3.65. The van der Waals surface area contributed by atoms with Gasteiger partial charge in [-0.3, -0.25) is 0 Å². The van der Waals surface area contributed by atoms with E-state index in [9.17, 15) is 5.11 Å². The number of anilines is 2. The summed E-state index contributed by atoms with van der Waals surface area (Å²) >= 11 is 0. The number of likely N-dealkylation sites (N-methyl/N-ethyl adjacent to an activating group) is 1. The lowest BCUT2D eigenvalue weighted by Crippen LogP contribution is -2.36. The molecule has 4 nitrogen and oxygen atoms in total. The molecule has 0 fully saturated rings. The average Bonchev–Trinajstić information content (AvgIpc) is 2.15. The van der Waals surface area contributed by atoms with Crippen molar-refractivity contribution in [3.8, 4) is 5.75 Å². The van der Waals surface area contributed by atoms with Gasteiger partial charge in [0.25, 0.3) is 0 Å². The Hall–Kier alpha value is -1.42. The van der Waals surface area contributed by atoms with Gasteiger partial charge < -0.3 is 20.5 Å². The number of benzene rings is 1. The third kappa shape index (κ3) is 3.31. The van der Waals surface area contributed by atoms with Gasteiger partial charge >= 0.3 is 0 Å². The highest BCUT2D eigenvalue weighted by atomic mass is 16.5. The van der Waals surface area contributed by atoms with E-state index in [4.69, 9.17) is 10.5 Å². The topological polar surface area (TPSA) is 58.7 Å². The maximum Gasteiger partial charge on any atom is 0.143 e. The molecule has 90 valence electrons. The SMILES string of the molecule is COc1cc(N(C)CC(C)(C)O)ccc1N. The van der Waals surface area contributed by atoms with E-state index in [1.807, 2.05) is 24.1 Å². The van der Waals surface area contributed by atoms with Gasteiger partial charge in [0.2, 0.25) is 0 Å². The molecule has 0 radical (unpaired) electrons. The summed E-state index contributed by atoms with van der Waals surface area (Å²) in [5.74, 6) is 0.653. The molecule has 0 atom stereocenters. The smallest absolute Gasteiger partial charge is 0.143 e. The van der Waals surface area contributed by atoms with Crippen LogP contribution < -0.4 is 15.4 Å². The zero-order valence-electron chi connectivity index (χ0n) is 10.3. The van der Waals surface area contributed by atoms with Crippen LogP contribution in [0, 0.1) is 0 Å². The molecule has 0 bridgehead atoms. The van der Waals surface area contributed by atoms with Crippen LogP contribution in [0.1, 0.15) is 13.8 Å². The summed E-state index contributed by atoms with van der Waals surface area (Å²) in [6, 6.07) is 5.57. The van der Waals surface area contributed by atoms with Crippen LogP contribution in [0.5, 0.6) is 5.75 Å². The first kappa shape index (κ1) is 12.6. The summed E-state index contributed by atoms with van der Waals surface area (Å²) < 4.78 is 5.15. The molecule has 0 aliphatic heterocycles. The van der Waals surface area contributed by atoms with E-state index < -0.39 is 5.60 Å². The van der Waals surface area contributed by atoms with Crippen molar-refractivity contribution in [1.29, 1.82) is 0 Å². The van der Waals surface area contributed by atoms with Crippen LogP contribution in [-0.4, -0.2) is 31.4 Å². The van der Waals surface area contributed by atoms with Crippen LogP contribution >= 0.6 is 0 Å². The summed E-state index contributed by atoms with van der Waals surface area (Å²) in [5.41, 5.74) is 6.58. The lowest BCUT2D eigenvalue weighted by molar-refractivity contribution is 0.0886. The average molecular weight is 224 g/mol. The number of nitrogens with zero attached hydrogens (tertiary/aromatic N) is 1. The normalized spacial score (nSPS) is 11.3. The van der Waals surface area contributed by atoms with E-state index in [2.05, 4.69) is 0 Å². The predicted molar refractivity (Wildman–Crippen MR) is 67.0 cm³/mol. The minimum atomic E-state index is -0.733. The van der Waals surface area contributed by atoms with E-state index in [1.165, 1.54) is 0 Å². The van der Waals surface area contributed by atoms with Crippen molar-refractivity contribution in [2.45, 2.75) is 19.4 Å². The Labute approximate surface area is 96.6 Å². The number of aliphatic hydroxyl groups is 1. The van der Waals surface area contributed by atoms with E-state index in [0.717, 1.165) is 5.69 Å². The van der Waals surface area contributed by atoms with Crippen LogP contribution in [-0.2, 0) is 0 Å². The molecule has 0 unspecified atom stereocenters. The zero-order chi connectivity index (χ0) is 12.3. The largest absolute Gasteiger partial charge is 0.495 e. The Bertz CT molecular complexity index is 359. The van der Waals surface area contributed by atoms with E-state index in [-0.39, 0.29) is 0 Å². The minimum absolute atomic E-state index is 0.542. The van der Waals surface area contributed by atoms with E-state index >= 15 is 0 Å². The maximum atomic E-state index is 9.73. The van der Waals surface area contributed by atoms with Crippen LogP contribution in [0.3, 0.4) is 0 Å². The van der Waals surface area contributed by atoms with Crippen LogP contribution in [0.4, 0.5) is 11.4 Å². The van der Waals surface area contributed by atoms with Gasteiger partial charge in [-0.2, -0.15) is 0 Å². The second-order valence-corrected chi connectivity index (χ2v) is 4.59. The molecule has 0 aromatic heterocycles. The van der Waals surface area contributed by atoms with Gasteiger partial charge in [0.05, 0.1) is 18.4 Å². The summed E-state index contributed by atoms with van der Waals surface area (Å²) in [5, 5.41) is 9.73. The number of rotatable bonds is 4. The molecule has 0 amide bonds. The molecule has 0 aliphatic carbocycles. The van der Waals surface area contributed by atoms with E-state index in [0.29, 0.717) is 18.0 Å². The molecule has 1 aromatic carbocycles. The van der Waals surface area contributed by atoms with Crippen LogP contribution in [0.25, 0.3) is 0 Å². The van der Waals surface area contributed by atoms with Gasteiger partial charge in [-0.1, -0.05) is 0 Å². The molecule has 4 heteroatoms. The summed E-state index contributed by atoms with van der Waals surface area (Å²) in [4.78, 5) is 1.96. The summed E-state index contributed by atoms with van der Waals surface area (Å²) in [6.07, 6.45) is 0. The van der Waals surface area contributed by atoms with Crippen LogP contribution in [0.15, 0.2) is 18.2 Å². The van der Waals surface area contributed by atoms with Crippen molar-refractivity contribution in [2.75, 3.05) is 31.3 Å². The Morgan fingerprint density at radius 2 is 2.06 bits per heavy atom. The standard InChI is InChI=1S/C12H20N2O2/c1-12(2,15)8-14(3)9-5-6-10(13)11(7-9)16-4/h5-7,15H,8,13H2,1-4H3. The van der Waals surface area contributed by atoms with Crippen molar-refractivity contribution >= 4 is 11.4 Å². The molecule has 1 aromatic rings. The Morgan fingerprint density at radius 3 is 2.56 bits per heavy atom. The quantitative estimate of drug-likeness (QED) is 0.761. The number of hydrogen-bond donors (Lipinski definition) is 2. The fourth-order valence-electron chi connectivity index (χ4n) is 1.61. The van der Waals surface area contributed by atoms with Gasteiger partial charge in [0.1, 0.15) is 5.75 Å². The summed E-state index contributed by atoms with van der Waals surface area (Å²) in [6.45, 7) is 4.09. The fraction of sp³-hybridized carbons (Fsp3) is 0.500. The first-order valence-corrected chi connectivity index (χ1v) is 5.20. The Morgan fingerprint density at radius 1 is 1.44 bits per heavy atom. The maximum absolute atomic E-state index is 9.73. The van der Waals surface area contributed by atoms with Crippen molar-refractivity contribution < 1.29 is 9.84 Å². The number of nitrogens with two attached hydrogens (primary N) is 1. The Balaban J connectivity index is 2.88. The van der Waals surface area contributed by atoms with Gasteiger partial charge in [0, 0.05) is 25.3 Å². The first-order valence-electron chi connectivity index (χ1n) is 5.20. The first-order chi connectivity index (χ1) is 7.33. The number of ether oxygens (including phenoxy) is 1. The predicted octanol–water partition coefficient (Wildman–Crippen LogP) is 1.48. The molecular weight excluding hydrogens is 204 g/mol. The van der Waals surface area contributed by atoms with Gasteiger partial charge in [-0.05, 0) is 26.0 Å². The lowest BCUT2D eigenvalue weighted by atomic mass is 10.1. The van der Waals surface area contributed by atoms with Crippen molar-refractivity contribution in [3.63, 3.8) is 0 Å². The van der Waals surface area contributed by atoms with Gasteiger partial charge in [-0.25, -0.2) is 0 Å². The third-order valence-corrected chi connectivity index (χ3v) is 2.28. The molecule has 0 saturated carbocycles. The lowest BCUT2D eigenvalue weighted by Gasteiger charge is -2.27. The monoisotopic (exact) mass is 224 g/mol. The molecule has 0 heterocycles. The van der Waals surface area contributed by atoms with E-state index in [1.54, 1.807) is 27.0 Å². The zero-order valence-corrected chi connectivity index (χ0v) is 10.3. The molecule has 1 rings (SSSR count).